The third-order valence-corrected chi connectivity index (χ3v) is 5.32. The molecule has 14 heteroatoms. The molecule has 0 aliphatic rings. The van der Waals surface area contributed by atoms with Gasteiger partial charge < -0.3 is 16.0 Å². The molecule has 198 valence electrons. The number of alkyl halides is 3. The highest BCUT2D eigenvalue weighted by Crippen LogP contribution is 2.36. The van der Waals surface area contributed by atoms with Gasteiger partial charge in [0.25, 0.3) is 0 Å². The van der Waals surface area contributed by atoms with Crippen LogP contribution < -0.4 is 21.3 Å². The number of benzene rings is 2. The highest BCUT2D eigenvalue weighted by molar-refractivity contribution is 6.31. The molecule has 4 N–H and O–H groups in total. The Morgan fingerprint density at radius 3 is 2.18 bits per heavy atom. The number of halogens is 4. The summed E-state index contributed by atoms with van der Waals surface area (Å²) < 4.78 is 40.8. The first kappa shape index (κ1) is 26.7. The number of nitrogens with one attached hydrogen (secondary N) is 4. The van der Waals surface area contributed by atoms with Crippen LogP contribution in [0, 0.1) is 0 Å². The van der Waals surface area contributed by atoms with Crippen molar-refractivity contribution >= 4 is 52.0 Å². The fraction of sp³-hybridized carbons (Fsp3) is 0.208. The zero-order chi connectivity index (χ0) is 27.7. The SMILES string of the molecule is CC(C)(C)NC(=O)Nc1ncnc2c1ncn2-c1ccc(NC(=O)Nc2ccc(Cl)c(C(F)(F)F)c2)cc1. The van der Waals surface area contributed by atoms with Gasteiger partial charge in [-0.25, -0.2) is 24.5 Å². The lowest BCUT2D eigenvalue weighted by Gasteiger charge is -2.20. The van der Waals surface area contributed by atoms with E-state index < -0.39 is 34.4 Å². The van der Waals surface area contributed by atoms with E-state index in [1.165, 1.54) is 18.7 Å². The summed E-state index contributed by atoms with van der Waals surface area (Å²) in [5.41, 5.74) is 0.286. The lowest BCUT2D eigenvalue weighted by atomic mass is 10.1. The van der Waals surface area contributed by atoms with E-state index in [1.54, 1.807) is 28.8 Å². The van der Waals surface area contributed by atoms with Crippen LogP contribution in [0.4, 0.5) is 40.0 Å². The van der Waals surface area contributed by atoms with Gasteiger partial charge in [-0.05, 0) is 63.2 Å². The van der Waals surface area contributed by atoms with Crippen molar-refractivity contribution in [1.29, 1.82) is 0 Å². The summed E-state index contributed by atoms with van der Waals surface area (Å²) in [5.74, 6) is 0.237. The van der Waals surface area contributed by atoms with Gasteiger partial charge in [0.05, 0.1) is 10.6 Å². The molecule has 0 unspecified atom stereocenters. The number of hydrogen-bond acceptors (Lipinski definition) is 5. The zero-order valence-electron chi connectivity index (χ0n) is 20.3. The van der Waals surface area contributed by atoms with E-state index in [0.29, 0.717) is 22.5 Å². The van der Waals surface area contributed by atoms with Gasteiger partial charge in [-0.15, -0.1) is 0 Å². The molecule has 0 saturated heterocycles. The van der Waals surface area contributed by atoms with Crippen LogP contribution in [0.25, 0.3) is 16.9 Å². The molecule has 38 heavy (non-hydrogen) atoms. The highest BCUT2D eigenvalue weighted by atomic mass is 35.5. The highest BCUT2D eigenvalue weighted by Gasteiger charge is 2.33. The Balaban J connectivity index is 1.47. The predicted octanol–water partition coefficient (Wildman–Crippen LogP) is 6.05. The van der Waals surface area contributed by atoms with E-state index in [4.69, 9.17) is 11.6 Å². The van der Waals surface area contributed by atoms with E-state index in [9.17, 15) is 22.8 Å². The third kappa shape index (κ3) is 6.29. The number of nitrogens with zero attached hydrogens (tertiary/aromatic N) is 4. The molecule has 4 rings (SSSR count). The van der Waals surface area contributed by atoms with Gasteiger partial charge in [-0.1, -0.05) is 11.6 Å². The van der Waals surface area contributed by atoms with Crippen LogP contribution in [0.15, 0.2) is 55.1 Å². The summed E-state index contributed by atoms with van der Waals surface area (Å²) >= 11 is 5.61. The number of aromatic nitrogens is 4. The van der Waals surface area contributed by atoms with Gasteiger partial charge in [-0.3, -0.25) is 9.88 Å². The molecule has 0 fully saturated rings. The first-order chi connectivity index (χ1) is 17.8. The normalized spacial score (nSPS) is 11.8. The average Bonchev–Trinajstić information content (AvgIpc) is 3.24. The molecule has 2 aromatic heterocycles. The lowest BCUT2D eigenvalue weighted by molar-refractivity contribution is -0.137. The van der Waals surface area contributed by atoms with Crippen LogP contribution in [-0.2, 0) is 6.18 Å². The molecule has 0 aliphatic carbocycles. The van der Waals surface area contributed by atoms with E-state index in [0.717, 1.165) is 12.1 Å². The number of amides is 4. The minimum absolute atomic E-state index is 0.0685. The maximum atomic E-state index is 13.1. The summed E-state index contributed by atoms with van der Waals surface area (Å²) in [7, 11) is 0. The number of anilines is 3. The molecule has 2 heterocycles. The maximum Gasteiger partial charge on any atom is 0.417 e. The topological polar surface area (TPSA) is 126 Å². The summed E-state index contributed by atoms with van der Waals surface area (Å²) in [6.45, 7) is 5.54. The Labute approximate surface area is 219 Å². The van der Waals surface area contributed by atoms with Gasteiger partial charge in [0.15, 0.2) is 17.0 Å². The number of rotatable bonds is 4. The number of hydrogen-bond donors (Lipinski definition) is 4. The van der Waals surface area contributed by atoms with Crippen LogP contribution in [0.3, 0.4) is 0 Å². The van der Waals surface area contributed by atoms with Crippen molar-refractivity contribution in [3.63, 3.8) is 0 Å². The van der Waals surface area contributed by atoms with Gasteiger partial charge in [0.1, 0.15) is 12.7 Å². The van der Waals surface area contributed by atoms with Gasteiger partial charge >= 0.3 is 18.2 Å². The van der Waals surface area contributed by atoms with Gasteiger partial charge in [0, 0.05) is 22.6 Å². The Kier molecular flexibility index (Phi) is 7.14. The van der Waals surface area contributed by atoms with Crippen molar-refractivity contribution in [2.75, 3.05) is 16.0 Å². The standard InChI is InChI=1S/C24H22ClF3N8O2/c1-23(2,3)35-22(38)34-19-18-20(30-11-29-19)36(12-31-18)15-7-4-13(5-8-15)32-21(37)33-14-6-9-17(25)16(10-14)24(26,27)28/h4-12H,1-3H3,(H2,32,33,37)(H2,29,30,34,35,38). The van der Waals surface area contributed by atoms with Gasteiger partial charge in [-0.2, -0.15) is 13.2 Å². The molecule has 0 aliphatic heterocycles. The smallest absolute Gasteiger partial charge is 0.333 e. The Morgan fingerprint density at radius 2 is 1.53 bits per heavy atom. The van der Waals surface area contributed by atoms with Crippen molar-refractivity contribution in [2.24, 2.45) is 0 Å². The number of carbonyl (C=O) groups excluding carboxylic acids is 2. The van der Waals surface area contributed by atoms with E-state index in [-0.39, 0.29) is 11.5 Å². The second-order valence-electron chi connectivity index (χ2n) is 9.16. The Morgan fingerprint density at radius 1 is 0.868 bits per heavy atom. The average molecular weight is 547 g/mol. The molecule has 0 saturated carbocycles. The maximum absolute atomic E-state index is 13.1. The Hall–Kier alpha value is -4.39. The molecule has 10 nitrogen and oxygen atoms in total. The summed E-state index contributed by atoms with van der Waals surface area (Å²) in [6.07, 6.45) is -1.84. The quantitative estimate of drug-likeness (QED) is 0.248. The third-order valence-electron chi connectivity index (χ3n) is 4.99. The van der Waals surface area contributed by atoms with Crippen molar-refractivity contribution in [3.05, 3.63) is 65.7 Å². The predicted molar refractivity (Wildman–Crippen MR) is 138 cm³/mol. The number of imidazole rings is 1. The fourth-order valence-corrected chi connectivity index (χ4v) is 3.64. The zero-order valence-corrected chi connectivity index (χ0v) is 21.1. The largest absolute Gasteiger partial charge is 0.417 e. The first-order valence-electron chi connectivity index (χ1n) is 11.1. The van der Waals surface area contributed by atoms with E-state index in [2.05, 4.69) is 36.2 Å². The number of carbonyl (C=O) groups is 2. The molecule has 0 radical (unpaired) electrons. The van der Waals surface area contributed by atoms with E-state index >= 15 is 0 Å². The second kappa shape index (κ2) is 10.2. The molecule has 4 aromatic rings. The fourth-order valence-electron chi connectivity index (χ4n) is 3.41. The minimum Gasteiger partial charge on any atom is -0.333 e. The van der Waals surface area contributed by atoms with Crippen LogP contribution in [0.1, 0.15) is 26.3 Å². The van der Waals surface area contributed by atoms with Crippen LogP contribution >= 0.6 is 11.6 Å². The molecule has 4 amide bonds. The molecule has 0 atom stereocenters. The monoisotopic (exact) mass is 546 g/mol. The first-order valence-corrected chi connectivity index (χ1v) is 11.5. The van der Waals surface area contributed by atoms with Crippen molar-refractivity contribution < 1.29 is 22.8 Å². The van der Waals surface area contributed by atoms with E-state index in [1.807, 2.05) is 20.8 Å². The van der Waals surface area contributed by atoms with Crippen molar-refractivity contribution in [2.45, 2.75) is 32.5 Å². The molecular formula is C24H22ClF3N8O2. The van der Waals surface area contributed by atoms with Crippen molar-refractivity contribution in [3.8, 4) is 5.69 Å². The Bertz CT molecular complexity index is 1500. The lowest BCUT2D eigenvalue weighted by Crippen LogP contribution is -2.43. The van der Waals surface area contributed by atoms with Crippen molar-refractivity contribution in [1.82, 2.24) is 24.8 Å². The molecule has 0 spiro atoms. The van der Waals surface area contributed by atoms with Gasteiger partial charge in [0.2, 0.25) is 0 Å². The van der Waals surface area contributed by atoms with Crippen LogP contribution in [0.5, 0.6) is 0 Å². The van der Waals surface area contributed by atoms with Crippen LogP contribution in [0.2, 0.25) is 5.02 Å². The molecule has 0 bridgehead atoms. The number of fused-ring (bicyclic) bond motifs is 1. The summed E-state index contributed by atoms with van der Waals surface area (Å²) in [5, 5.41) is 9.89. The number of urea groups is 2. The summed E-state index contributed by atoms with van der Waals surface area (Å²) in [4.78, 5) is 37.3. The van der Waals surface area contributed by atoms with Crippen LogP contribution in [-0.4, -0.2) is 37.1 Å². The minimum atomic E-state index is -4.65. The summed E-state index contributed by atoms with van der Waals surface area (Å²) in [6, 6.07) is 8.47. The molecular weight excluding hydrogens is 525 g/mol. The second-order valence-corrected chi connectivity index (χ2v) is 9.56. The molecule has 2 aromatic carbocycles.